The van der Waals surface area contributed by atoms with Crippen LogP contribution in [0.4, 0.5) is 0 Å². The van der Waals surface area contributed by atoms with Gasteiger partial charge in [-0.05, 0) is 38.0 Å². The summed E-state index contributed by atoms with van der Waals surface area (Å²) < 4.78 is 5.10. The van der Waals surface area contributed by atoms with Gasteiger partial charge in [-0.2, -0.15) is 0 Å². The van der Waals surface area contributed by atoms with E-state index >= 15 is 0 Å². The van der Waals surface area contributed by atoms with Gasteiger partial charge in [-0.3, -0.25) is 9.59 Å². The van der Waals surface area contributed by atoms with Gasteiger partial charge in [0, 0.05) is 13.7 Å². The molecule has 114 valence electrons. The van der Waals surface area contributed by atoms with E-state index in [9.17, 15) is 9.59 Å². The first-order chi connectivity index (χ1) is 9.40. The molecule has 0 aromatic rings. The summed E-state index contributed by atoms with van der Waals surface area (Å²) in [6.45, 7) is 6.97. The van der Waals surface area contributed by atoms with Gasteiger partial charge in [-0.15, -0.1) is 0 Å². The highest BCUT2D eigenvalue weighted by molar-refractivity contribution is 6.00. The van der Waals surface area contributed by atoms with Gasteiger partial charge in [0.05, 0.1) is 6.61 Å². The van der Waals surface area contributed by atoms with Crippen LogP contribution in [0.25, 0.3) is 0 Å². The summed E-state index contributed by atoms with van der Waals surface area (Å²) in [4.78, 5) is 27.0. The van der Waals surface area contributed by atoms with Crippen LogP contribution in [0.1, 0.15) is 40.0 Å². The molecule has 1 aliphatic carbocycles. The van der Waals surface area contributed by atoms with Gasteiger partial charge in [0.25, 0.3) is 0 Å². The van der Waals surface area contributed by atoms with Crippen molar-refractivity contribution in [2.75, 3.05) is 20.3 Å². The fourth-order valence-corrected chi connectivity index (χ4v) is 3.04. The molecule has 0 aromatic carbocycles. The van der Waals surface area contributed by atoms with Crippen molar-refractivity contribution in [2.45, 2.75) is 51.6 Å². The first-order valence-electron chi connectivity index (χ1n) is 7.52. The average molecular weight is 282 g/mol. The molecule has 1 saturated carbocycles. The Morgan fingerprint density at radius 3 is 2.55 bits per heavy atom. The molecule has 2 amide bonds. The summed E-state index contributed by atoms with van der Waals surface area (Å²) in [6.07, 6.45) is 2.74. The Hall–Kier alpha value is -1.10. The van der Waals surface area contributed by atoms with Gasteiger partial charge in [0.15, 0.2) is 0 Å². The Morgan fingerprint density at radius 2 is 2.05 bits per heavy atom. The van der Waals surface area contributed by atoms with E-state index in [-0.39, 0.29) is 17.9 Å². The van der Waals surface area contributed by atoms with Crippen molar-refractivity contribution in [3.05, 3.63) is 0 Å². The first-order valence-corrected chi connectivity index (χ1v) is 7.52. The molecule has 5 nitrogen and oxygen atoms in total. The maximum Gasteiger partial charge on any atom is 0.249 e. The summed E-state index contributed by atoms with van der Waals surface area (Å²) in [6, 6.07) is -0.357. The van der Waals surface area contributed by atoms with E-state index in [0.717, 1.165) is 12.8 Å². The number of carbonyl (C=O) groups is 2. The van der Waals surface area contributed by atoms with E-state index in [0.29, 0.717) is 31.4 Å². The normalized spacial score (nSPS) is 30.9. The number of methoxy groups -OCH3 is 1. The van der Waals surface area contributed by atoms with E-state index in [2.05, 4.69) is 19.2 Å². The zero-order valence-electron chi connectivity index (χ0n) is 12.9. The van der Waals surface area contributed by atoms with Crippen LogP contribution in [0.5, 0.6) is 0 Å². The molecule has 0 bridgehead atoms. The Bertz CT molecular complexity index is 393. The molecule has 2 fully saturated rings. The van der Waals surface area contributed by atoms with Crippen LogP contribution < -0.4 is 5.32 Å². The summed E-state index contributed by atoms with van der Waals surface area (Å²) in [5.41, 5.74) is -0.710. The quantitative estimate of drug-likeness (QED) is 0.795. The number of hydrogen-bond acceptors (Lipinski definition) is 3. The van der Waals surface area contributed by atoms with E-state index in [1.165, 1.54) is 0 Å². The van der Waals surface area contributed by atoms with Crippen LogP contribution in [0.2, 0.25) is 0 Å². The van der Waals surface area contributed by atoms with E-state index in [1.54, 1.807) is 12.0 Å². The van der Waals surface area contributed by atoms with Gasteiger partial charge in [0.1, 0.15) is 11.6 Å². The van der Waals surface area contributed by atoms with Crippen molar-refractivity contribution in [2.24, 2.45) is 11.8 Å². The van der Waals surface area contributed by atoms with Crippen LogP contribution >= 0.6 is 0 Å². The van der Waals surface area contributed by atoms with E-state index in [1.807, 2.05) is 6.92 Å². The zero-order valence-corrected chi connectivity index (χ0v) is 12.9. The molecule has 2 aliphatic rings. The van der Waals surface area contributed by atoms with Crippen molar-refractivity contribution in [3.8, 4) is 0 Å². The monoisotopic (exact) mass is 282 g/mol. The van der Waals surface area contributed by atoms with E-state index < -0.39 is 5.54 Å². The van der Waals surface area contributed by atoms with Gasteiger partial charge >= 0.3 is 0 Å². The second-order valence-electron chi connectivity index (χ2n) is 6.60. The van der Waals surface area contributed by atoms with Crippen molar-refractivity contribution in [1.82, 2.24) is 10.2 Å². The topological polar surface area (TPSA) is 58.6 Å². The molecule has 0 radical (unpaired) electrons. The molecule has 0 spiro atoms. The van der Waals surface area contributed by atoms with Crippen LogP contribution in [0.15, 0.2) is 0 Å². The largest absolute Gasteiger partial charge is 0.383 e. The second kappa shape index (κ2) is 5.72. The predicted octanol–water partition coefficient (Wildman–Crippen LogP) is 1.17. The molecule has 0 aromatic heterocycles. The number of carbonyl (C=O) groups excluding carboxylic acids is 2. The van der Waals surface area contributed by atoms with Crippen molar-refractivity contribution < 1.29 is 14.3 Å². The Kier molecular flexibility index (Phi) is 4.37. The summed E-state index contributed by atoms with van der Waals surface area (Å²) in [5, 5.41) is 3.00. The lowest BCUT2D eigenvalue weighted by Crippen LogP contribution is -2.70. The number of piperazine rings is 1. The molecule has 2 rings (SSSR count). The third kappa shape index (κ3) is 2.82. The highest BCUT2D eigenvalue weighted by Gasteiger charge is 2.55. The smallest absolute Gasteiger partial charge is 0.249 e. The summed E-state index contributed by atoms with van der Waals surface area (Å²) >= 11 is 0. The minimum atomic E-state index is -0.710. The van der Waals surface area contributed by atoms with Crippen LogP contribution in [0.3, 0.4) is 0 Å². The molecule has 1 aliphatic heterocycles. The van der Waals surface area contributed by atoms with Crippen LogP contribution in [0, 0.1) is 11.8 Å². The number of hydrogen-bond donors (Lipinski definition) is 1. The maximum absolute atomic E-state index is 12.8. The SMILES string of the molecule is COCCN1C(=O)C(C)(C2CC2)NC(=O)C1CC(C)C. The van der Waals surface area contributed by atoms with Crippen molar-refractivity contribution in [3.63, 3.8) is 0 Å². The first kappa shape index (κ1) is 15.3. The summed E-state index contributed by atoms with van der Waals surface area (Å²) in [7, 11) is 1.62. The fraction of sp³-hybridized carbons (Fsp3) is 0.867. The third-order valence-electron chi connectivity index (χ3n) is 4.39. The van der Waals surface area contributed by atoms with Crippen molar-refractivity contribution in [1.29, 1.82) is 0 Å². The fourth-order valence-electron chi connectivity index (χ4n) is 3.04. The molecular formula is C15H26N2O3. The molecule has 1 N–H and O–H groups in total. The lowest BCUT2D eigenvalue weighted by atomic mass is 9.87. The minimum absolute atomic E-state index is 0.0104. The average Bonchev–Trinajstić information content (AvgIpc) is 3.19. The van der Waals surface area contributed by atoms with Gasteiger partial charge < -0.3 is 15.0 Å². The Labute approximate surface area is 121 Å². The van der Waals surface area contributed by atoms with Crippen LogP contribution in [-0.2, 0) is 14.3 Å². The van der Waals surface area contributed by atoms with Gasteiger partial charge in [-0.1, -0.05) is 13.8 Å². The molecule has 2 unspecified atom stereocenters. The van der Waals surface area contributed by atoms with Gasteiger partial charge in [0.2, 0.25) is 11.8 Å². The second-order valence-corrected chi connectivity index (χ2v) is 6.60. The van der Waals surface area contributed by atoms with Crippen LogP contribution in [-0.4, -0.2) is 48.6 Å². The summed E-state index contributed by atoms with van der Waals surface area (Å²) in [5.74, 6) is 0.712. The minimum Gasteiger partial charge on any atom is -0.383 e. The molecule has 1 saturated heterocycles. The molecular weight excluding hydrogens is 256 g/mol. The molecule has 5 heteroatoms. The number of nitrogens with zero attached hydrogens (tertiary/aromatic N) is 1. The third-order valence-corrected chi connectivity index (χ3v) is 4.39. The highest BCUT2D eigenvalue weighted by atomic mass is 16.5. The van der Waals surface area contributed by atoms with Gasteiger partial charge in [-0.25, -0.2) is 0 Å². The number of amides is 2. The standard InChI is InChI=1S/C15H26N2O3/c1-10(2)9-12-13(18)16-15(3,11-5-6-11)14(19)17(12)7-8-20-4/h10-12H,5-9H2,1-4H3,(H,16,18). The number of nitrogens with one attached hydrogen (secondary N) is 1. The van der Waals surface area contributed by atoms with E-state index in [4.69, 9.17) is 4.74 Å². The Balaban J connectivity index is 2.21. The van der Waals surface area contributed by atoms with Crippen molar-refractivity contribution >= 4 is 11.8 Å². The number of ether oxygens (including phenoxy) is 1. The lowest BCUT2D eigenvalue weighted by molar-refractivity contribution is -0.156. The predicted molar refractivity (Wildman–Crippen MR) is 76.1 cm³/mol. The zero-order chi connectivity index (χ0) is 14.9. The molecule has 2 atom stereocenters. The lowest BCUT2D eigenvalue weighted by Gasteiger charge is -2.45. The Morgan fingerprint density at radius 1 is 1.40 bits per heavy atom. The highest BCUT2D eigenvalue weighted by Crippen LogP contribution is 2.42. The molecule has 20 heavy (non-hydrogen) atoms. The maximum atomic E-state index is 12.8. The number of rotatable bonds is 6. The molecule has 1 heterocycles.